The van der Waals surface area contributed by atoms with Gasteiger partial charge in [-0.1, -0.05) is 0 Å². The number of unbranched alkanes of at least 4 members (excludes halogenated alkanes) is 1. The first kappa shape index (κ1) is 23.6. The van der Waals surface area contributed by atoms with E-state index >= 15 is 0 Å². The van der Waals surface area contributed by atoms with Crippen LogP contribution in [0.3, 0.4) is 0 Å². The number of imidazole rings is 1. The summed E-state index contributed by atoms with van der Waals surface area (Å²) in [7, 11) is -2.25. The van der Waals surface area contributed by atoms with Gasteiger partial charge in [0.1, 0.15) is 17.2 Å². The van der Waals surface area contributed by atoms with Gasteiger partial charge in [-0.2, -0.15) is 0 Å². The molecule has 178 valence electrons. The van der Waals surface area contributed by atoms with E-state index in [1.54, 1.807) is 7.11 Å². The highest BCUT2D eigenvalue weighted by molar-refractivity contribution is 7.89. The second-order valence-electron chi connectivity index (χ2n) is 8.50. The molecule has 1 aromatic carbocycles. The molecule has 0 fully saturated rings. The topological polar surface area (TPSA) is 126 Å². The van der Waals surface area contributed by atoms with Gasteiger partial charge in [0, 0.05) is 25.8 Å². The highest BCUT2D eigenvalue weighted by Crippen LogP contribution is 2.32. The lowest BCUT2D eigenvalue weighted by atomic mass is 9.95. The minimum Gasteiger partial charge on any atom is -0.384 e. The first-order chi connectivity index (χ1) is 15.8. The summed E-state index contributed by atoms with van der Waals surface area (Å²) in [6.45, 7) is 1.23. The molecule has 8 nitrogen and oxygen atoms in total. The van der Waals surface area contributed by atoms with Gasteiger partial charge in [0.2, 0.25) is 10.0 Å². The Bertz CT molecular complexity index is 1270. The maximum absolute atomic E-state index is 13.7. The molecule has 0 aliphatic heterocycles. The highest BCUT2D eigenvalue weighted by Gasteiger charge is 2.22. The van der Waals surface area contributed by atoms with E-state index in [2.05, 4.69) is 9.55 Å². The van der Waals surface area contributed by atoms with Crippen molar-refractivity contribution in [1.82, 2.24) is 14.5 Å². The number of aryl methyl sites for hydroxylation is 4. The number of rotatable bonds is 9. The number of ether oxygens (including phenoxy) is 1. The first-order valence-electron chi connectivity index (χ1n) is 11.3. The first-order valence-corrected chi connectivity index (χ1v) is 12.8. The van der Waals surface area contributed by atoms with E-state index in [1.807, 2.05) is 0 Å². The van der Waals surface area contributed by atoms with Crippen LogP contribution in [0.1, 0.15) is 48.3 Å². The number of fused-ring (bicyclic) bond motifs is 3. The average molecular weight is 476 g/mol. The molecule has 0 unspecified atom stereocenters. The Labute approximate surface area is 193 Å². The molecule has 4 rings (SSSR count). The maximum Gasteiger partial charge on any atom is 0.238 e. The highest BCUT2D eigenvalue weighted by atomic mass is 32.2. The number of sulfonamides is 1. The molecule has 0 radical (unpaired) electrons. The van der Waals surface area contributed by atoms with Crippen molar-refractivity contribution >= 4 is 26.9 Å². The van der Waals surface area contributed by atoms with E-state index in [9.17, 15) is 12.8 Å². The minimum absolute atomic E-state index is 0.0225. The molecular formula is C23H30FN5O3S. The van der Waals surface area contributed by atoms with E-state index in [-0.39, 0.29) is 4.90 Å². The normalized spacial score (nSPS) is 14.0. The molecule has 0 spiro atoms. The van der Waals surface area contributed by atoms with Gasteiger partial charge in [0.15, 0.2) is 5.82 Å². The molecule has 0 atom stereocenters. The van der Waals surface area contributed by atoms with Crippen molar-refractivity contribution in [2.75, 3.05) is 19.5 Å². The van der Waals surface area contributed by atoms with E-state index < -0.39 is 15.8 Å². The summed E-state index contributed by atoms with van der Waals surface area (Å²) in [5.41, 5.74) is 10.8. The molecule has 1 aliphatic rings. The predicted molar refractivity (Wildman–Crippen MR) is 125 cm³/mol. The predicted octanol–water partition coefficient (Wildman–Crippen LogP) is 2.89. The Morgan fingerprint density at radius 1 is 1.15 bits per heavy atom. The maximum atomic E-state index is 13.7. The van der Waals surface area contributed by atoms with Crippen molar-refractivity contribution < 1.29 is 17.5 Å². The van der Waals surface area contributed by atoms with Gasteiger partial charge in [0.05, 0.1) is 17.0 Å². The Balaban J connectivity index is 1.60. The number of anilines is 1. The summed E-state index contributed by atoms with van der Waals surface area (Å²) < 4.78 is 44.9. The Hall–Kier alpha value is -2.56. The number of aromatic nitrogens is 3. The summed E-state index contributed by atoms with van der Waals surface area (Å²) in [6.07, 6.45) is 6.57. The number of nitrogens with two attached hydrogens (primary N) is 2. The Morgan fingerprint density at radius 2 is 1.94 bits per heavy atom. The fourth-order valence-corrected chi connectivity index (χ4v) is 5.47. The third-order valence-corrected chi connectivity index (χ3v) is 7.22. The zero-order chi connectivity index (χ0) is 23.6. The molecule has 3 aromatic rings. The lowest BCUT2D eigenvalue weighted by Crippen LogP contribution is -2.15. The molecule has 0 saturated heterocycles. The van der Waals surface area contributed by atoms with Crippen LogP contribution >= 0.6 is 0 Å². The summed E-state index contributed by atoms with van der Waals surface area (Å²) in [5, 5.41) is 5.30. The van der Waals surface area contributed by atoms with Crippen LogP contribution in [-0.2, 0) is 47.0 Å². The van der Waals surface area contributed by atoms with Crippen LogP contribution in [-0.4, -0.2) is 36.7 Å². The zero-order valence-corrected chi connectivity index (χ0v) is 19.6. The number of hydrogen-bond acceptors (Lipinski definition) is 6. The second kappa shape index (κ2) is 9.74. The number of benzene rings is 1. The Morgan fingerprint density at radius 3 is 2.70 bits per heavy atom. The number of nitrogen functional groups attached to an aromatic ring is 1. The van der Waals surface area contributed by atoms with Crippen LogP contribution in [0.4, 0.5) is 10.2 Å². The van der Waals surface area contributed by atoms with Gasteiger partial charge in [0.25, 0.3) is 0 Å². The van der Waals surface area contributed by atoms with Gasteiger partial charge in [-0.3, -0.25) is 0 Å². The van der Waals surface area contributed by atoms with Crippen molar-refractivity contribution in [1.29, 1.82) is 0 Å². The van der Waals surface area contributed by atoms with Crippen molar-refractivity contribution in [3.63, 3.8) is 0 Å². The van der Waals surface area contributed by atoms with Crippen LogP contribution in [0.2, 0.25) is 0 Å². The van der Waals surface area contributed by atoms with Crippen LogP contribution in [0.15, 0.2) is 23.1 Å². The van der Waals surface area contributed by atoms with Gasteiger partial charge < -0.3 is 15.0 Å². The molecular weight excluding hydrogens is 445 g/mol. The number of methoxy groups -OCH3 is 1. The third-order valence-electron chi connectivity index (χ3n) is 6.21. The van der Waals surface area contributed by atoms with Crippen LogP contribution < -0.4 is 10.9 Å². The summed E-state index contributed by atoms with van der Waals surface area (Å²) in [4.78, 5) is 9.40. The number of pyridine rings is 1. The molecule has 4 N–H and O–H groups in total. The minimum atomic E-state index is -3.91. The molecule has 0 saturated carbocycles. The van der Waals surface area contributed by atoms with E-state index in [4.69, 9.17) is 20.6 Å². The van der Waals surface area contributed by atoms with Crippen molar-refractivity contribution in [2.45, 2.75) is 62.8 Å². The molecule has 0 bridgehead atoms. The van der Waals surface area contributed by atoms with Crippen molar-refractivity contribution in [2.24, 2.45) is 5.14 Å². The molecule has 1 aliphatic carbocycles. The van der Waals surface area contributed by atoms with E-state index in [0.29, 0.717) is 43.8 Å². The van der Waals surface area contributed by atoms with E-state index in [0.717, 1.165) is 60.7 Å². The SMILES string of the molecule is COCCc1nc2c(N)nc3c(c2n1CCCCc1cc(F)ccc1S(N)(=O)=O)CCCC3. The number of nitrogens with zero attached hydrogens (tertiary/aromatic N) is 3. The Kier molecular flexibility index (Phi) is 6.96. The molecule has 0 amide bonds. The van der Waals surface area contributed by atoms with Gasteiger partial charge in [-0.15, -0.1) is 0 Å². The van der Waals surface area contributed by atoms with Crippen molar-refractivity contribution in [3.8, 4) is 0 Å². The second-order valence-corrected chi connectivity index (χ2v) is 10.0. The largest absolute Gasteiger partial charge is 0.384 e. The standard InChI is InChI=1S/C23H30FN5O3S/c1-32-13-11-20-28-21-22(17-7-2-3-8-18(17)27-23(21)25)29(20)12-5-4-6-15-14-16(24)9-10-19(15)33(26,30)31/h9-10,14H,2-8,11-13H2,1H3,(H2,25,27)(H2,26,30,31). The van der Waals surface area contributed by atoms with Gasteiger partial charge in [-0.25, -0.2) is 27.9 Å². The summed E-state index contributed by atoms with van der Waals surface area (Å²) >= 11 is 0. The zero-order valence-electron chi connectivity index (χ0n) is 18.8. The fourth-order valence-electron chi connectivity index (χ4n) is 4.68. The van der Waals surface area contributed by atoms with Crippen LogP contribution in [0.5, 0.6) is 0 Å². The molecule has 2 heterocycles. The van der Waals surface area contributed by atoms with Gasteiger partial charge >= 0.3 is 0 Å². The number of hydrogen-bond donors (Lipinski definition) is 2. The third kappa shape index (κ3) is 5.02. The van der Waals surface area contributed by atoms with Crippen molar-refractivity contribution in [3.05, 3.63) is 46.7 Å². The smallest absolute Gasteiger partial charge is 0.238 e. The monoisotopic (exact) mass is 475 g/mol. The van der Waals surface area contributed by atoms with E-state index in [1.165, 1.54) is 17.7 Å². The van der Waals surface area contributed by atoms with Gasteiger partial charge in [-0.05, 0) is 74.3 Å². The molecule has 33 heavy (non-hydrogen) atoms. The fraction of sp³-hybridized carbons (Fsp3) is 0.478. The average Bonchev–Trinajstić information content (AvgIpc) is 3.14. The van der Waals surface area contributed by atoms with Crippen LogP contribution in [0, 0.1) is 5.82 Å². The van der Waals surface area contributed by atoms with Crippen LogP contribution in [0.25, 0.3) is 11.0 Å². The molecule has 2 aromatic heterocycles. The summed E-state index contributed by atoms with van der Waals surface area (Å²) in [6, 6.07) is 3.60. The molecule has 10 heteroatoms. The summed E-state index contributed by atoms with van der Waals surface area (Å²) in [5.74, 6) is 0.880. The lowest BCUT2D eigenvalue weighted by molar-refractivity contribution is 0.199. The number of primary sulfonamides is 1. The number of halogens is 1. The lowest BCUT2D eigenvalue weighted by Gasteiger charge is -2.18. The quantitative estimate of drug-likeness (QED) is 0.458.